The van der Waals surface area contributed by atoms with Crippen LogP contribution in [0.1, 0.15) is 21.7 Å². The Balaban J connectivity index is 2.29. The van der Waals surface area contributed by atoms with Gasteiger partial charge < -0.3 is 5.73 Å². The molecule has 1 aromatic carbocycles. The van der Waals surface area contributed by atoms with Crippen LogP contribution in [-0.4, -0.2) is 18.2 Å². The number of fused-ring (bicyclic) bond motifs is 1. The highest BCUT2D eigenvalue weighted by Gasteiger charge is 2.17. The van der Waals surface area contributed by atoms with Crippen molar-refractivity contribution in [1.82, 2.24) is 5.43 Å². The molecular weight excluding hydrogens is 278 g/mol. The van der Waals surface area contributed by atoms with E-state index in [1.807, 2.05) is 18.2 Å². The fourth-order valence-corrected chi connectivity index (χ4v) is 4.09. The Bertz CT molecular complexity index is 568. The molecule has 0 aliphatic carbocycles. The van der Waals surface area contributed by atoms with Crippen LogP contribution in [0.25, 0.3) is 10.1 Å². The highest BCUT2D eigenvalue weighted by Crippen LogP contribution is 2.33. The van der Waals surface area contributed by atoms with Crippen LogP contribution in [-0.2, 0) is 5.75 Å². The van der Waals surface area contributed by atoms with E-state index in [-0.39, 0.29) is 5.91 Å². The highest BCUT2D eigenvalue weighted by atomic mass is 32.2. The molecule has 0 aliphatic heterocycles. The summed E-state index contributed by atoms with van der Waals surface area (Å²) < 4.78 is 1.12. The standard InChI is InChI=1S/C13H17N3OS2/c14-6-3-7-18-8-10-9-4-1-2-5-11(9)19-12(10)13(17)16-15/h1-2,4-5H,3,6-8,14-15H2,(H,16,17). The van der Waals surface area contributed by atoms with E-state index in [0.717, 1.165) is 33.6 Å². The first-order valence-corrected chi connectivity index (χ1v) is 8.04. The third-order valence-corrected chi connectivity index (χ3v) is 5.06. The number of nitrogen functional groups attached to an aromatic ring is 1. The fourth-order valence-electron chi connectivity index (χ4n) is 1.85. The third kappa shape index (κ3) is 3.27. The lowest BCUT2D eigenvalue weighted by Crippen LogP contribution is -2.29. The van der Waals surface area contributed by atoms with E-state index in [9.17, 15) is 4.79 Å². The molecular formula is C13H17N3OS2. The SMILES string of the molecule is NCCCSCc1c(C(=O)NN)sc2ccccc12. The summed E-state index contributed by atoms with van der Waals surface area (Å²) in [5, 5.41) is 1.14. The van der Waals surface area contributed by atoms with Crippen molar-refractivity contribution in [3.8, 4) is 0 Å². The molecule has 0 atom stereocenters. The predicted molar refractivity (Wildman–Crippen MR) is 83.3 cm³/mol. The smallest absolute Gasteiger partial charge is 0.275 e. The van der Waals surface area contributed by atoms with Gasteiger partial charge in [0.05, 0.1) is 4.88 Å². The second-order valence-electron chi connectivity index (χ2n) is 4.07. The van der Waals surface area contributed by atoms with Gasteiger partial charge in [0.15, 0.2) is 0 Å². The molecule has 19 heavy (non-hydrogen) atoms. The maximum atomic E-state index is 11.8. The van der Waals surface area contributed by atoms with Crippen LogP contribution in [0, 0.1) is 0 Å². The van der Waals surface area contributed by atoms with Gasteiger partial charge in [-0.1, -0.05) is 18.2 Å². The summed E-state index contributed by atoms with van der Waals surface area (Å²) in [6, 6.07) is 8.06. The molecule has 4 nitrogen and oxygen atoms in total. The second-order valence-corrected chi connectivity index (χ2v) is 6.23. The van der Waals surface area contributed by atoms with Gasteiger partial charge in [-0.2, -0.15) is 11.8 Å². The molecule has 1 amide bonds. The zero-order chi connectivity index (χ0) is 13.7. The number of carbonyl (C=O) groups is 1. The first-order valence-electron chi connectivity index (χ1n) is 6.07. The van der Waals surface area contributed by atoms with E-state index in [0.29, 0.717) is 11.4 Å². The topological polar surface area (TPSA) is 81.1 Å². The van der Waals surface area contributed by atoms with Crippen molar-refractivity contribution >= 4 is 39.1 Å². The average Bonchev–Trinajstić information content (AvgIpc) is 2.81. The minimum absolute atomic E-state index is 0.212. The quantitative estimate of drug-likeness (QED) is 0.330. The Morgan fingerprint density at radius 2 is 2.16 bits per heavy atom. The molecule has 1 aromatic heterocycles. The van der Waals surface area contributed by atoms with Crippen molar-refractivity contribution in [2.24, 2.45) is 11.6 Å². The van der Waals surface area contributed by atoms with Gasteiger partial charge >= 0.3 is 0 Å². The van der Waals surface area contributed by atoms with Crippen LogP contribution in [0.4, 0.5) is 0 Å². The Kier molecular flexibility index (Phi) is 5.21. The predicted octanol–water partition coefficient (Wildman–Crippen LogP) is 2.09. The van der Waals surface area contributed by atoms with Crippen LogP contribution in [0.3, 0.4) is 0 Å². The molecule has 2 aromatic rings. The summed E-state index contributed by atoms with van der Waals surface area (Å²) in [7, 11) is 0. The molecule has 6 heteroatoms. The van der Waals surface area contributed by atoms with Gasteiger partial charge in [0.1, 0.15) is 0 Å². The van der Waals surface area contributed by atoms with Gasteiger partial charge in [0.2, 0.25) is 0 Å². The second kappa shape index (κ2) is 6.91. The number of hydrazine groups is 1. The van der Waals surface area contributed by atoms with E-state index in [2.05, 4.69) is 11.5 Å². The Labute approximate surface area is 120 Å². The van der Waals surface area contributed by atoms with Gasteiger partial charge in [0.25, 0.3) is 5.91 Å². The van der Waals surface area contributed by atoms with Gasteiger partial charge in [-0.25, -0.2) is 5.84 Å². The van der Waals surface area contributed by atoms with E-state index < -0.39 is 0 Å². The van der Waals surface area contributed by atoms with Crippen LogP contribution in [0.15, 0.2) is 24.3 Å². The lowest BCUT2D eigenvalue weighted by molar-refractivity contribution is 0.0957. The number of hydrogen-bond acceptors (Lipinski definition) is 5. The summed E-state index contributed by atoms with van der Waals surface area (Å²) >= 11 is 3.29. The van der Waals surface area contributed by atoms with Crippen LogP contribution in [0.2, 0.25) is 0 Å². The van der Waals surface area contributed by atoms with Crippen molar-refractivity contribution < 1.29 is 4.79 Å². The number of benzene rings is 1. The number of carbonyl (C=O) groups excluding carboxylic acids is 1. The van der Waals surface area contributed by atoms with Crippen molar-refractivity contribution in [2.75, 3.05) is 12.3 Å². The fraction of sp³-hybridized carbons (Fsp3) is 0.308. The first-order chi connectivity index (χ1) is 9.27. The van der Waals surface area contributed by atoms with Crippen molar-refractivity contribution in [3.05, 3.63) is 34.7 Å². The molecule has 0 unspecified atom stereocenters. The summed E-state index contributed by atoms with van der Waals surface area (Å²) in [5.74, 6) is 6.86. The van der Waals surface area contributed by atoms with Crippen molar-refractivity contribution in [3.63, 3.8) is 0 Å². The number of thioether (sulfide) groups is 1. The highest BCUT2D eigenvalue weighted by molar-refractivity contribution is 7.98. The van der Waals surface area contributed by atoms with Gasteiger partial charge in [-0.15, -0.1) is 11.3 Å². The molecule has 0 aliphatic rings. The minimum Gasteiger partial charge on any atom is -0.330 e. The molecule has 0 saturated heterocycles. The van der Waals surface area contributed by atoms with Crippen molar-refractivity contribution in [2.45, 2.75) is 12.2 Å². The summed E-state index contributed by atoms with van der Waals surface area (Å²) in [4.78, 5) is 12.5. The number of hydrogen-bond donors (Lipinski definition) is 3. The number of thiophene rings is 1. The molecule has 1 heterocycles. The monoisotopic (exact) mass is 295 g/mol. The zero-order valence-corrected chi connectivity index (χ0v) is 12.2. The van der Waals surface area contributed by atoms with Gasteiger partial charge in [-0.05, 0) is 35.7 Å². The number of nitrogens with two attached hydrogens (primary N) is 2. The molecule has 0 spiro atoms. The maximum Gasteiger partial charge on any atom is 0.275 e. The molecule has 102 valence electrons. The van der Waals surface area contributed by atoms with E-state index >= 15 is 0 Å². The maximum absolute atomic E-state index is 11.8. The number of amides is 1. The molecule has 0 fully saturated rings. The minimum atomic E-state index is -0.212. The Hall–Kier alpha value is -1.08. The largest absolute Gasteiger partial charge is 0.330 e. The summed E-state index contributed by atoms with van der Waals surface area (Å²) in [5.41, 5.74) is 8.79. The van der Waals surface area contributed by atoms with Crippen LogP contribution >= 0.6 is 23.1 Å². The summed E-state index contributed by atoms with van der Waals surface area (Å²) in [6.45, 7) is 0.702. The summed E-state index contributed by atoms with van der Waals surface area (Å²) in [6.07, 6.45) is 0.991. The van der Waals surface area contributed by atoms with Gasteiger partial charge in [0, 0.05) is 10.5 Å². The molecule has 0 radical (unpaired) electrons. The Morgan fingerprint density at radius 3 is 2.89 bits per heavy atom. The molecule has 0 bridgehead atoms. The molecule has 0 saturated carbocycles. The lowest BCUT2D eigenvalue weighted by Gasteiger charge is -2.03. The molecule has 2 rings (SSSR count). The van der Waals surface area contributed by atoms with Crippen LogP contribution < -0.4 is 17.0 Å². The lowest BCUT2D eigenvalue weighted by atomic mass is 10.1. The third-order valence-electron chi connectivity index (χ3n) is 2.77. The van der Waals surface area contributed by atoms with E-state index in [1.54, 1.807) is 11.8 Å². The van der Waals surface area contributed by atoms with Crippen LogP contribution in [0.5, 0.6) is 0 Å². The zero-order valence-electron chi connectivity index (χ0n) is 10.5. The first kappa shape index (κ1) is 14.3. The Morgan fingerprint density at radius 1 is 1.37 bits per heavy atom. The number of nitrogens with one attached hydrogen (secondary N) is 1. The normalized spacial score (nSPS) is 10.8. The van der Waals surface area contributed by atoms with E-state index in [1.165, 1.54) is 11.3 Å². The molecule has 5 N–H and O–H groups in total. The average molecular weight is 295 g/mol. The van der Waals surface area contributed by atoms with Gasteiger partial charge in [-0.3, -0.25) is 10.2 Å². The van der Waals surface area contributed by atoms with Crippen molar-refractivity contribution in [1.29, 1.82) is 0 Å². The number of rotatable bonds is 6. The van der Waals surface area contributed by atoms with E-state index in [4.69, 9.17) is 11.6 Å².